The average molecular weight is 214 g/mol. The smallest absolute Gasteiger partial charge is 0.307 e. The van der Waals surface area contributed by atoms with Crippen LogP contribution in [-0.4, -0.2) is 42.6 Å². The standard InChI is InChI=1S/C11H22N2O2/c1-3-15-11(14)7-9(2)13-6-4-5-10(12)8-13/h9-10H,3-8,12H2,1-2H3. The molecular formula is C11H22N2O2. The van der Waals surface area contributed by atoms with Crippen molar-refractivity contribution in [1.82, 2.24) is 4.90 Å². The van der Waals surface area contributed by atoms with Crippen molar-refractivity contribution < 1.29 is 9.53 Å². The molecule has 0 aromatic rings. The van der Waals surface area contributed by atoms with Crippen LogP contribution in [0, 0.1) is 0 Å². The van der Waals surface area contributed by atoms with E-state index in [9.17, 15) is 4.79 Å². The van der Waals surface area contributed by atoms with Gasteiger partial charge in [-0.25, -0.2) is 0 Å². The SMILES string of the molecule is CCOC(=O)CC(C)N1CCCC(N)C1. The van der Waals surface area contributed by atoms with Gasteiger partial charge in [-0.05, 0) is 33.2 Å². The Balaban J connectivity index is 2.32. The third kappa shape index (κ3) is 4.18. The first kappa shape index (κ1) is 12.5. The van der Waals surface area contributed by atoms with Crippen molar-refractivity contribution in [2.45, 2.75) is 45.2 Å². The van der Waals surface area contributed by atoms with Crippen LogP contribution < -0.4 is 5.73 Å². The molecule has 15 heavy (non-hydrogen) atoms. The molecule has 0 aliphatic carbocycles. The van der Waals surface area contributed by atoms with Gasteiger partial charge in [0.1, 0.15) is 0 Å². The number of carbonyl (C=O) groups is 1. The first-order chi connectivity index (χ1) is 7.13. The lowest BCUT2D eigenvalue weighted by molar-refractivity contribution is -0.144. The van der Waals surface area contributed by atoms with Crippen LogP contribution in [0.2, 0.25) is 0 Å². The monoisotopic (exact) mass is 214 g/mol. The maximum absolute atomic E-state index is 11.3. The summed E-state index contributed by atoms with van der Waals surface area (Å²) in [5.41, 5.74) is 5.89. The molecule has 4 heteroatoms. The molecule has 4 nitrogen and oxygen atoms in total. The van der Waals surface area contributed by atoms with E-state index >= 15 is 0 Å². The highest BCUT2D eigenvalue weighted by atomic mass is 16.5. The van der Waals surface area contributed by atoms with Gasteiger partial charge in [-0.1, -0.05) is 0 Å². The van der Waals surface area contributed by atoms with Gasteiger partial charge in [-0.3, -0.25) is 9.69 Å². The first-order valence-corrected chi connectivity index (χ1v) is 5.78. The Morgan fingerprint density at radius 3 is 3.00 bits per heavy atom. The van der Waals surface area contributed by atoms with E-state index in [2.05, 4.69) is 11.8 Å². The van der Waals surface area contributed by atoms with Crippen LogP contribution in [0.15, 0.2) is 0 Å². The summed E-state index contributed by atoms with van der Waals surface area (Å²) < 4.78 is 4.93. The summed E-state index contributed by atoms with van der Waals surface area (Å²) in [7, 11) is 0. The minimum Gasteiger partial charge on any atom is -0.466 e. The zero-order valence-corrected chi connectivity index (χ0v) is 9.74. The Morgan fingerprint density at radius 2 is 2.40 bits per heavy atom. The second kappa shape index (κ2) is 6.08. The van der Waals surface area contributed by atoms with E-state index < -0.39 is 0 Å². The Kier molecular flexibility index (Phi) is 5.05. The topological polar surface area (TPSA) is 55.6 Å². The van der Waals surface area contributed by atoms with Crippen molar-refractivity contribution in [3.05, 3.63) is 0 Å². The highest BCUT2D eigenvalue weighted by Crippen LogP contribution is 2.13. The van der Waals surface area contributed by atoms with Gasteiger partial charge in [0.15, 0.2) is 0 Å². The van der Waals surface area contributed by atoms with Crippen LogP contribution in [0.5, 0.6) is 0 Å². The van der Waals surface area contributed by atoms with Crippen LogP contribution in [-0.2, 0) is 9.53 Å². The molecule has 1 saturated heterocycles. The Hall–Kier alpha value is -0.610. The zero-order chi connectivity index (χ0) is 11.3. The molecule has 0 bridgehead atoms. The maximum Gasteiger partial charge on any atom is 0.307 e. The number of hydrogen-bond acceptors (Lipinski definition) is 4. The Labute approximate surface area is 91.8 Å². The van der Waals surface area contributed by atoms with E-state index in [0.29, 0.717) is 13.0 Å². The molecule has 2 atom stereocenters. The molecule has 0 aromatic carbocycles. The van der Waals surface area contributed by atoms with Crippen LogP contribution in [0.1, 0.15) is 33.1 Å². The van der Waals surface area contributed by atoms with E-state index in [1.54, 1.807) is 0 Å². The van der Waals surface area contributed by atoms with E-state index in [1.807, 2.05) is 6.92 Å². The fraction of sp³-hybridized carbons (Fsp3) is 0.909. The lowest BCUT2D eigenvalue weighted by atomic mass is 10.0. The summed E-state index contributed by atoms with van der Waals surface area (Å²) >= 11 is 0. The van der Waals surface area contributed by atoms with E-state index in [0.717, 1.165) is 25.9 Å². The molecule has 1 aliphatic rings. The van der Waals surface area contributed by atoms with Crippen molar-refractivity contribution in [3.63, 3.8) is 0 Å². The number of nitrogens with zero attached hydrogens (tertiary/aromatic N) is 1. The van der Waals surface area contributed by atoms with Gasteiger partial charge in [-0.15, -0.1) is 0 Å². The van der Waals surface area contributed by atoms with Crippen LogP contribution in [0.3, 0.4) is 0 Å². The largest absolute Gasteiger partial charge is 0.466 e. The first-order valence-electron chi connectivity index (χ1n) is 5.78. The van der Waals surface area contributed by atoms with Gasteiger partial charge in [0.05, 0.1) is 13.0 Å². The minimum absolute atomic E-state index is 0.107. The maximum atomic E-state index is 11.3. The molecule has 1 rings (SSSR count). The molecule has 1 fully saturated rings. The van der Waals surface area contributed by atoms with Gasteiger partial charge >= 0.3 is 5.97 Å². The third-order valence-electron chi connectivity index (χ3n) is 2.88. The van der Waals surface area contributed by atoms with Crippen molar-refractivity contribution in [2.75, 3.05) is 19.7 Å². The fourth-order valence-electron chi connectivity index (χ4n) is 2.03. The number of rotatable bonds is 4. The quantitative estimate of drug-likeness (QED) is 0.702. The summed E-state index contributed by atoms with van der Waals surface area (Å²) in [6.07, 6.45) is 2.71. The van der Waals surface area contributed by atoms with Gasteiger partial charge in [0.2, 0.25) is 0 Å². The van der Waals surface area contributed by atoms with Gasteiger partial charge in [0, 0.05) is 18.6 Å². The molecule has 2 N–H and O–H groups in total. The van der Waals surface area contributed by atoms with Crippen molar-refractivity contribution >= 4 is 5.97 Å². The highest BCUT2D eigenvalue weighted by Gasteiger charge is 2.23. The lowest BCUT2D eigenvalue weighted by Crippen LogP contribution is -2.47. The van der Waals surface area contributed by atoms with E-state index in [1.165, 1.54) is 0 Å². The van der Waals surface area contributed by atoms with Crippen LogP contribution in [0.25, 0.3) is 0 Å². The molecular weight excluding hydrogens is 192 g/mol. The van der Waals surface area contributed by atoms with E-state index in [-0.39, 0.29) is 18.1 Å². The number of hydrogen-bond donors (Lipinski definition) is 1. The molecule has 1 heterocycles. The van der Waals surface area contributed by atoms with Crippen molar-refractivity contribution in [1.29, 1.82) is 0 Å². The van der Waals surface area contributed by atoms with Crippen molar-refractivity contribution in [3.8, 4) is 0 Å². The molecule has 88 valence electrons. The van der Waals surface area contributed by atoms with Crippen LogP contribution in [0.4, 0.5) is 0 Å². The average Bonchev–Trinajstić information content (AvgIpc) is 2.18. The third-order valence-corrected chi connectivity index (χ3v) is 2.88. The number of likely N-dealkylation sites (tertiary alicyclic amines) is 1. The van der Waals surface area contributed by atoms with E-state index in [4.69, 9.17) is 10.5 Å². The minimum atomic E-state index is -0.107. The summed E-state index contributed by atoms with van der Waals surface area (Å²) in [5.74, 6) is -0.107. The number of esters is 1. The number of nitrogens with two attached hydrogens (primary N) is 1. The fourth-order valence-corrected chi connectivity index (χ4v) is 2.03. The molecule has 0 saturated carbocycles. The summed E-state index contributed by atoms with van der Waals surface area (Å²) in [6.45, 7) is 6.31. The van der Waals surface area contributed by atoms with Crippen molar-refractivity contribution in [2.24, 2.45) is 5.73 Å². The molecule has 0 amide bonds. The molecule has 1 aliphatic heterocycles. The predicted octanol–water partition coefficient (Wildman–Crippen LogP) is 0.751. The molecule has 0 spiro atoms. The molecule has 0 aromatic heterocycles. The summed E-state index contributed by atoms with van der Waals surface area (Å²) in [6, 6.07) is 0.513. The summed E-state index contributed by atoms with van der Waals surface area (Å²) in [5, 5.41) is 0. The van der Waals surface area contributed by atoms with Crippen LogP contribution >= 0.6 is 0 Å². The predicted molar refractivity (Wildman–Crippen MR) is 59.5 cm³/mol. The highest BCUT2D eigenvalue weighted by molar-refractivity contribution is 5.70. The number of ether oxygens (including phenoxy) is 1. The molecule has 2 unspecified atom stereocenters. The summed E-state index contributed by atoms with van der Waals surface area (Å²) in [4.78, 5) is 13.6. The second-order valence-electron chi connectivity index (χ2n) is 4.26. The number of carbonyl (C=O) groups excluding carboxylic acids is 1. The second-order valence-corrected chi connectivity index (χ2v) is 4.26. The Bertz CT molecular complexity index is 209. The Morgan fingerprint density at radius 1 is 1.67 bits per heavy atom. The number of piperidine rings is 1. The lowest BCUT2D eigenvalue weighted by Gasteiger charge is -2.34. The zero-order valence-electron chi connectivity index (χ0n) is 9.74. The van der Waals surface area contributed by atoms with Gasteiger partial charge < -0.3 is 10.5 Å². The normalized spacial score (nSPS) is 24.9. The van der Waals surface area contributed by atoms with Gasteiger partial charge in [-0.2, -0.15) is 0 Å². The molecule has 0 radical (unpaired) electrons. The van der Waals surface area contributed by atoms with Gasteiger partial charge in [0.25, 0.3) is 0 Å².